The number of rotatable bonds is 7. The lowest BCUT2D eigenvalue weighted by Gasteiger charge is -2.10. The summed E-state index contributed by atoms with van der Waals surface area (Å²) >= 11 is 0. The lowest BCUT2D eigenvalue weighted by Crippen LogP contribution is -2.07. The van der Waals surface area contributed by atoms with Crippen molar-refractivity contribution in [3.63, 3.8) is 0 Å². The van der Waals surface area contributed by atoms with Crippen LogP contribution in [0.2, 0.25) is 0 Å². The molecule has 0 aliphatic rings. The molecule has 14 heavy (non-hydrogen) atoms. The molecule has 0 bridgehead atoms. The fraction of sp³-hybridized carbons (Fsp3) is 0.833. The molecule has 0 amide bonds. The Kier molecular flexibility index (Phi) is 7.81. The van der Waals surface area contributed by atoms with E-state index in [2.05, 4.69) is 13.8 Å². The van der Waals surface area contributed by atoms with Crippen molar-refractivity contribution in [2.45, 2.75) is 52.6 Å². The topological polar surface area (TPSA) is 40.5 Å². The number of hydrogen-bond acceptors (Lipinski definition) is 2. The molecule has 0 heterocycles. The van der Waals surface area contributed by atoms with Gasteiger partial charge in [0.2, 0.25) is 0 Å². The molecule has 0 radical (unpaired) electrons. The summed E-state index contributed by atoms with van der Waals surface area (Å²) in [6.07, 6.45) is 5.31. The molecule has 2 heteroatoms. The molecule has 0 aromatic heterocycles. The molecule has 0 aliphatic heterocycles. The highest BCUT2D eigenvalue weighted by atomic mass is 16.3. The van der Waals surface area contributed by atoms with Crippen molar-refractivity contribution >= 4 is 0 Å². The minimum atomic E-state index is -0.302. The van der Waals surface area contributed by atoms with Gasteiger partial charge in [0.25, 0.3) is 0 Å². The first-order chi connectivity index (χ1) is 6.56. The zero-order valence-electron chi connectivity index (χ0n) is 9.66. The molecule has 1 atom stereocenters. The van der Waals surface area contributed by atoms with Crippen LogP contribution in [0.4, 0.5) is 0 Å². The molecule has 0 fully saturated rings. The second kappa shape index (κ2) is 8.01. The molecular weight excluding hydrogens is 176 g/mol. The third kappa shape index (κ3) is 8.27. The zero-order valence-corrected chi connectivity index (χ0v) is 9.66. The summed E-state index contributed by atoms with van der Waals surface area (Å²) in [5, 5.41) is 18.2. The van der Waals surface area contributed by atoms with Gasteiger partial charge in [-0.3, -0.25) is 0 Å². The third-order valence-corrected chi connectivity index (χ3v) is 2.17. The SMILES string of the molecule is C/C(=C\C(O)CC(C)C)CCCCO. The maximum Gasteiger partial charge on any atom is 0.0725 e. The van der Waals surface area contributed by atoms with E-state index >= 15 is 0 Å². The first-order valence-corrected chi connectivity index (χ1v) is 5.52. The number of unbranched alkanes of at least 4 members (excludes halogenated alkanes) is 1. The summed E-state index contributed by atoms with van der Waals surface area (Å²) in [6.45, 7) is 6.53. The van der Waals surface area contributed by atoms with E-state index in [-0.39, 0.29) is 12.7 Å². The van der Waals surface area contributed by atoms with E-state index in [4.69, 9.17) is 5.11 Å². The summed E-state index contributed by atoms with van der Waals surface area (Å²) in [7, 11) is 0. The van der Waals surface area contributed by atoms with E-state index in [1.165, 1.54) is 5.57 Å². The Balaban J connectivity index is 3.72. The van der Waals surface area contributed by atoms with Gasteiger partial charge in [0, 0.05) is 6.61 Å². The highest BCUT2D eigenvalue weighted by Crippen LogP contribution is 2.11. The molecule has 0 saturated heterocycles. The van der Waals surface area contributed by atoms with Gasteiger partial charge < -0.3 is 10.2 Å². The molecule has 0 aromatic carbocycles. The standard InChI is InChI=1S/C12H24O2/c1-10(2)8-12(14)9-11(3)6-4-5-7-13/h9-10,12-14H,4-8H2,1-3H3/b11-9+. The van der Waals surface area contributed by atoms with Gasteiger partial charge in [0.15, 0.2) is 0 Å². The van der Waals surface area contributed by atoms with Gasteiger partial charge in [-0.2, -0.15) is 0 Å². The van der Waals surface area contributed by atoms with E-state index in [0.29, 0.717) is 5.92 Å². The average Bonchev–Trinajstić information content (AvgIpc) is 2.02. The van der Waals surface area contributed by atoms with Crippen LogP contribution in [-0.2, 0) is 0 Å². The molecule has 0 aromatic rings. The van der Waals surface area contributed by atoms with Crippen molar-refractivity contribution in [3.05, 3.63) is 11.6 Å². The zero-order chi connectivity index (χ0) is 11.0. The van der Waals surface area contributed by atoms with Crippen molar-refractivity contribution in [3.8, 4) is 0 Å². The Morgan fingerprint density at radius 2 is 1.93 bits per heavy atom. The molecular formula is C12H24O2. The van der Waals surface area contributed by atoms with Crippen molar-refractivity contribution in [2.24, 2.45) is 5.92 Å². The van der Waals surface area contributed by atoms with E-state index in [0.717, 1.165) is 25.7 Å². The van der Waals surface area contributed by atoms with Crippen LogP contribution in [0.15, 0.2) is 11.6 Å². The number of aliphatic hydroxyl groups is 2. The smallest absolute Gasteiger partial charge is 0.0725 e. The number of aliphatic hydroxyl groups excluding tert-OH is 2. The van der Waals surface area contributed by atoms with Crippen LogP contribution in [0.3, 0.4) is 0 Å². The van der Waals surface area contributed by atoms with Crippen LogP contribution in [0.5, 0.6) is 0 Å². The summed E-state index contributed by atoms with van der Waals surface area (Å²) in [5.74, 6) is 0.534. The second-order valence-electron chi connectivity index (χ2n) is 4.39. The van der Waals surface area contributed by atoms with Gasteiger partial charge in [-0.15, -0.1) is 0 Å². The summed E-state index contributed by atoms with van der Waals surface area (Å²) in [6, 6.07) is 0. The van der Waals surface area contributed by atoms with E-state index in [1.807, 2.05) is 13.0 Å². The maximum absolute atomic E-state index is 9.62. The van der Waals surface area contributed by atoms with Crippen LogP contribution >= 0.6 is 0 Å². The first kappa shape index (κ1) is 13.7. The number of hydrogen-bond donors (Lipinski definition) is 2. The molecule has 84 valence electrons. The highest BCUT2D eigenvalue weighted by Gasteiger charge is 2.03. The first-order valence-electron chi connectivity index (χ1n) is 5.52. The van der Waals surface area contributed by atoms with Crippen molar-refractivity contribution in [2.75, 3.05) is 6.61 Å². The van der Waals surface area contributed by atoms with Crippen LogP contribution < -0.4 is 0 Å². The van der Waals surface area contributed by atoms with Crippen LogP contribution in [0.25, 0.3) is 0 Å². The van der Waals surface area contributed by atoms with E-state index < -0.39 is 0 Å². The summed E-state index contributed by atoms with van der Waals surface area (Å²) in [4.78, 5) is 0. The molecule has 2 N–H and O–H groups in total. The Morgan fingerprint density at radius 1 is 1.29 bits per heavy atom. The van der Waals surface area contributed by atoms with Gasteiger partial charge in [0.05, 0.1) is 6.10 Å². The number of allylic oxidation sites excluding steroid dienone is 1. The summed E-state index contributed by atoms with van der Waals surface area (Å²) in [5.41, 5.74) is 1.23. The molecule has 0 spiro atoms. The Morgan fingerprint density at radius 3 is 2.43 bits per heavy atom. The average molecular weight is 200 g/mol. The predicted molar refractivity (Wildman–Crippen MR) is 60.2 cm³/mol. The van der Waals surface area contributed by atoms with Crippen LogP contribution in [-0.4, -0.2) is 22.9 Å². The van der Waals surface area contributed by atoms with Crippen molar-refractivity contribution in [1.29, 1.82) is 0 Å². The predicted octanol–water partition coefficient (Wildman–Crippen LogP) is 2.50. The Bertz CT molecular complexity index is 162. The van der Waals surface area contributed by atoms with Gasteiger partial charge in [-0.05, 0) is 38.5 Å². The maximum atomic E-state index is 9.62. The lowest BCUT2D eigenvalue weighted by atomic mass is 10.0. The molecule has 0 rings (SSSR count). The molecule has 0 aliphatic carbocycles. The fourth-order valence-electron chi connectivity index (χ4n) is 1.48. The van der Waals surface area contributed by atoms with Gasteiger partial charge >= 0.3 is 0 Å². The van der Waals surface area contributed by atoms with Gasteiger partial charge in [-0.1, -0.05) is 25.5 Å². The van der Waals surface area contributed by atoms with Crippen LogP contribution in [0, 0.1) is 5.92 Å². The Labute approximate surface area is 87.7 Å². The largest absolute Gasteiger partial charge is 0.396 e. The monoisotopic (exact) mass is 200 g/mol. The molecule has 1 unspecified atom stereocenters. The lowest BCUT2D eigenvalue weighted by molar-refractivity contribution is 0.194. The fourth-order valence-corrected chi connectivity index (χ4v) is 1.48. The van der Waals surface area contributed by atoms with Crippen molar-refractivity contribution in [1.82, 2.24) is 0 Å². The second-order valence-corrected chi connectivity index (χ2v) is 4.39. The highest BCUT2D eigenvalue weighted by molar-refractivity contribution is 5.01. The van der Waals surface area contributed by atoms with E-state index in [1.54, 1.807) is 0 Å². The Hall–Kier alpha value is -0.340. The molecule has 0 saturated carbocycles. The minimum Gasteiger partial charge on any atom is -0.396 e. The van der Waals surface area contributed by atoms with Crippen LogP contribution in [0.1, 0.15) is 46.5 Å². The van der Waals surface area contributed by atoms with Crippen molar-refractivity contribution < 1.29 is 10.2 Å². The normalized spacial score (nSPS) is 14.9. The van der Waals surface area contributed by atoms with Gasteiger partial charge in [-0.25, -0.2) is 0 Å². The third-order valence-electron chi connectivity index (χ3n) is 2.17. The quantitative estimate of drug-likeness (QED) is 0.489. The van der Waals surface area contributed by atoms with Gasteiger partial charge in [0.1, 0.15) is 0 Å². The van der Waals surface area contributed by atoms with E-state index in [9.17, 15) is 5.11 Å². The minimum absolute atomic E-state index is 0.266. The molecule has 2 nitrogen and oxygen atoms in total. The summed E-state index contributed by atoms with van der Waals surface area (Å²) < 4.78 is 0.